The minimum Gasteiger partial charge on any atom is -0.452 e. The van der Waals surface area contributed by atoms with Crippen LogP contribution in [0.25, 0.3) is 16.6 Å². The van der Waals surface area contributed by atoms with Gasteiger partial charge in [-0.1, -0.05) is 57.2 Å². The number of rotatable bonds is 5. The number of para-hydroxylation sites is 2. The number of hydrogen-bond donors (Lipinski definition) is 1. The summed E-state index contributed by atoms with van der Waals surface area (Å²) in [6.07, 6.45) is 2.59. The summed E-state index contributed by atoms with van der Waals surface area (Å²) in [6, 6.07) is 19.0. The second-order valence-corrected chi connectivity index (χ2v) is 9.82. The number of nitrogens with zero attached hydrogens (tertiary/aromatic N) is 3. The van der Waals surface area contributed by atoms with Crippen molar-refractivity contribution >= 4 is 28.6 Å². The second-order valence-electron chi connectivity index (χ2n) is 9.82. The van der Waals surface area contributed by atoms with E-state index in [1.807, 2.05) is 60.7 Å². The van der Waals surface area contributed by atoms with Gasteiger partial charge >= 0.3 is 5.97 Å². The third kappa shape index (κ3) is 4.54. The summed E-state index contributed by atoms with van der Waals surface area (Å²) in [5.74, 6) is -0.396. The lowest BCUT2D eigenvalue weighted by atomic mass is 9.92. The molecule has 5 rings (SSSR count). The number of ether oxygens (including phenoxy) is 1. The average molecular weight is 469 g/mol. The number of esters is 1. The van der Waals surface area contributed by atoms with E-state index in [1.165, 1.54) is 0 Å². The van der Waals surface area contributed by atoms with E-state index in [4.69, 9.17) is 14.8 Å². The molecular weight excluding hydrogens is 440 g/mol. The fourth-order valence-corrected chi connectivity index (χ4v) is 4.43. The molecule has 0 saturated heterocycles. The molecule has 1 aliphatic rings. The Hall–Kier alpha value is -4.00. The van der Waals surface area contributed by atoms with Crippen molar-refractivity contribution in [1.29, 1.82) is 0 Å². The molecule has 1 amide bonds. The standard InChI is InChI=1S/C28H28N4O3/c1-28(2,3)23-16-24(32(31-23)18-10-5-4-6-11-18)30-25(33)17-35-27(34)26-19-12-7-8-14-21(19)29-22-15-9-13-20(22)26/h4-8,10-12,14,16H,9,13,15,17H2,1-3H3,(H,30,33). The topological polar surface area (TPSA) is 86.1 Å². The molecule has 7 heteroatoms. The van der Waals surface area contributed by atoms with Crippen LogP contribution in [0.5, 0.6) is 0 Å². The lowest BCUT2D eigenvalue weighted by Crippen LogP contribution is -2.23. The summed E-state index contributed by atoms with van der Waals surface area (Å²) in [4.78, 5) is 30.7. The van der Waals surface area contributed by atoms with Gasteiger partial charge in [-0.2, -0.15) is 5.10 Å². The molecule has 2 heterocycles. The highest BCUT2D eigenvalue weighted by Gasteiger charge is 2.26. The number of aryl methyl sites for hydroxylation is 1. The maximum Gasteiger partial charge on any atom is 0.339 e. The van der Waals surface area contributed by atoms with Gasteiger partial charge in [0.05, 0.1) is 22.5 Å². The minimum atomic E-state index is -0.496. The van der Waals surface area contributed by atoms with E-state index in [9.17, 15) is 9.59 Å². The van der Waals surface area contributed by atoms with E-state index in [2.05, 4.69) is 26.1 Å². The molecule has 0 spiro atoms. The summed E-state index contributed by atoms with van der Waals surface area (Å²) >= 11 is 0. The van der Waals surface area contributed by atoms with E-state index in [0.29, 0.717) is 11.4 Å². The zero-order valence-electron chi connectivity index (χ0n) is 20.2. The molecule has 0 unspecified atom stereocenters. The number of pyridine rings is 1. The minimum absolute atomic E-state index is 0.200. The van der Waals surface area contributed by atoms with E-state index in [-0.39, 0.29) is 5.41 Å². The predicted octanol–water partition coefficient (Wildman–Crippen LogP) is 5.00. The monoisotopic (exact) mass is 468 g/mol. The van der Waals surface area contributed by atoms with Gasteiger partial charge in [-0.3, -0.25) is 9.78 Å². The van der Waals surface area contributed by atoms with Crippen molar-refractivity contribution in [1.82, 2.24) is 14.8 Å². The van der Waals surface area contributed by atoms with Gasteiger partial charge in [-0.15, -0.1) is 0 Å². The van der Waals surface area contributed by atoms with Crippen molar-refractivity contribution in [2.75, 3.05) is 11.9 Å². The Bertz CT molecular complexity index is 1420. The normalized spacial score (nSPS) is 13.0. The molecule has 2 aromatic carbocycles. The number of amides is 1. The summed E-state index contributed by atoms with van der Waals surface area (Å²) in [5, 5.41) is 8.34. The van der Waals surface area contributed by atoms with Gasteiger partial charge in [0.25, 0.3) is 5.91 Å². The molecule has 7 nitrogen and oxygen atoms in total. The molecule has 35 heavy (non-hydrogen) atoms. The summed E-state index contributed by atoms with van der Waals surface area (Å²) in [7, 11) is 0. The molecule has 0 bridgehead atoms. The van der Waals surface area contributed by atoms with Crippen LogP contribution in [0.15, 0.2) is 60.7 Å². The van der Waals surface area contributed by atoms with Crippen molar-refractivity contribution in [2.45, 2.75) is 45.4 Å². The number of carbonyl (C=O) groups is 2. The Morgan fingerprint density at radius 1 is 1.03 bits per heavy atom. The molecule has 0 saturated carbocycles. The third-order valence-corrected chi connectivity index (χ3v) is 6.20. The smallest absolute Gasteiger partial charge is 0.339 e. The third-order valence-electron chi connectivity index (χ3n) is 6.20. The number of anilines is 1. The summed E-state index contributed by atoms with van der Waals surface area (Å²) in [5.41, 5.74) is 4.65. The Labute approximate surface area is 204 Å². The fourth-order valence-electron chi connectivity index (χ4n) is 4.43. The van der Waals surface area contributed by atoms with Crippen LogP contribution in [-0.2, 0) is 27.8 Å². The number of benzene rings is 2. The van der Waals surface area contributed by atoms with Crippen LogP contribution < -0.4 is 5.32 Å². The Balaban J connectivity index is 1.36. The van der Waals surface area contributed by atoms with Gasteiger partial charge in [0.15, 0.2) is 6.61 Å². The molecule has 0 radical (unpaired) electrons. The zero-order chi connectivity index (χ0) is 24.6. The van der Waals surface area contributed by atoms with Gasteiger partial charge in [0, 0.05) is 22.6 Å². The quantitative estimate of drug-likeness (QED) is 0.417. The van der Waals surface area contributed by atoms with Crippen molar-refractivity contribution in [3.8, 4) is 5.69 Å². The van der Waals surface area contributed by atoms with Gasteiger partial charge < -0.3 is 10.1 Å². The Morgan fingerprint density at radius 2 is 1.77 bits per heavy atom. The number of carbonyl (C=O) groups excluding carboxylic acids is 2. The molecule has 0 fully saturated rings. The fraction of sp³-hybridized carbons (Fsp3) is 0.286. The van der Waals surface area contributed by atoms with Crippen LogP contribution in [0.1, 0.15) is 54.5 Å². The molecular formula is C28H28N4O3. The van der Waals surface area contributed by atoms with Gasteiger partial charge in [0.1, 0.15) is 5.82 Å². The molecule has 1 N–H and O–H groups in total. The highest BCUT2D eigenvalue weighted by molar-refractivity contribution is 6.06. The van der Waals surface area contributed by atoms with E-state index in [1.54, 1.807) is 4.68 Å². The van der Waals surface area contributed by atoms with Gasteiger partial charge in [0.2, 0.25) is 0 Å². The van der Waals surface area contributed by atoms with Crippen LogP contribution in [0.4, 0.5) is 5.82 Å². The Morgan fingerprint density at radius 3 is 2.54 bits per heavy atom. The molecule has 0 aliphatic heterocycles. The van der Waals surface area contributed by atoms with E-state index < -0.39 is 18.5 Å². The highest BCUT2D eigenvalue weighted by atomic mass is 16.5. The first-order valence-corrected chi connectivity index (χ1v) is 11.8. The number of hydrogen-bond acceptors (Lipinski definition) is 5. The van der Waals surface area contributed by atoms with Crippen molar-refractivity contribution in [3.05, 3.63) is 83.2 Å². The van der Waals surface area contributed by atoms with Crippen molar-refractivity contribution in [3.63, 3.8) is 0 Å². The molecule has 0 atom stereocenters. The first kappa shape index (κ1) is 22.8. The molecule has 178 valence electrons. The zero-order valence-corrected chi connectivity index (χ0v) is 20.2. The van der Waals surface area contributed by atoms with Crippen LogP contribution in [0.2, 0.25) is 0 Å². The van der Waals surface area contributed by atoms with Crippen LogP contribution in [0.3, 0.4) is 0 Å². The number of fused-ring (bicyclic) bond motifs is 2. The number of aromatic nitrogens is 3. The second kappa shape index (κ2) is 8.98. The lowest BCUT2D eigenvalue weighted by Gasteiger charge is -2.14. The van der Waals surface area contributed by atoms with Crippen LogP contribution in [0, 0.1) is 0 Å². The van der Waals surface area contributed by atoms with Crippen LogP contribution >= 0.6 is 0 Å². The first-order valence-electron chi connectivity index (χ1n) is 11.8. The van der Waals surface area contributed by atoms with E-state index in [0.717, 1.165) is 52.8 Å². The SMILES string of the molecule is CC(C)(C)c1cc(NC(=O)COC(=O)c2c3c(nc4ccccc24)CCC3)n(-c2ccccc2)n1. The summed E-state index contributed by atoms with van der Waals surface area (Å²) in [6.45, 7) is 5.80. The van der Waals surface area contributed by atoms with Crippen molar-refractivity contribution in [2.24, 2.45) is 0 Å². The summed E-state index contributed by atoms with van der Waals surface area (Å²) < 4.78 is 7.20. The molecule has 4 aromatic rings. The number of nitrogens with one attached hydrogen (secondary N) is 1. The predicted molar refractivity (Wildman–Crippen MR) is 135 cm³/mol. The molecule has 1 aliphatic carbocycles. The molecule has 2 aromatic heterocycles. The maximum atomic E-state index is 13.2. The van der Waals surface area contributed by atoms with Gasteiger partial charge in [-0.25, -0.2) is 9.48 Å². The first-order chi connectivity index (χ1) is 16.8. The highest BCUT2D eigenvalue weighted by Crippen LogP contribution is 2.30. The lowest BCUT2D eigenvalue weighted by molar-refractivity contribution is -0.119. The maximum absolute atomic E-state index is 13.2. The largest absolute Gasteiger partial charge is 0.452 e. The average Bonchev–Trinajstić information content (AvgIpc) is 3.48. The van der Waals surface area contributed by atoms with E-state index >= 15 is 0 Å². The van der Waals surface area contributed by atoms with Crippen LogP contribution in [-0.4, -0.2) is 33.2 Å². The van der Waals surface area contributed by atoms with Gasteiger partial charge in [-0.05, 0) is 43.0 Å². The Kier molecular flexibility index (Phi) is 5.84. The van der Waals surface area contributed by atoms with Crippen molar-refractivity contribution < 1.29 is 14.3 Å².